The summed E-state index contributed by atoms with van der Waals surface area (Å²) in [6.45, 7) is 7.04. The predicted molar refractivity (Wildman–Crippen MR) is 72.6 cm³/mol. The lowest BCUT2D eigenvalue weighted by Crippen LogP contribution is -2.29. The number of hydrogen-bond donors (Lipinski definition) is 1. The molecule has 98 valence electrons. The van der Waals surface area contributed by atoms with Crippen LogP contribution in [-0.2, 0) is 16.8 Å². The zero-order valence-corrected chi connectivity index (χ0v) is 11.8. The fraction of sp³-hybridized carbons (Fsp3) is 0.538. The van der Waals surface area contributed by atoms with E-state index in [1.54, 1.807) is 16.2 Å². The van der Waals surface area contributed by atoms with Crippen molar-refractivity contribution in [3.8, 4) is 12.3 Å². The average Bonchev–Trinajstić information content (AvgIpc) is 2.64. The lowest BCUT2D eigenvalue weighted by molar-refractivity contribution is -0.138. The highest BCUT2D eigenvalue weighted by molar-refractivity contribution is 7.09. The maximum Gasteiger partial charge on any atom is 0.317 e. The van der Waals surface area contributed by atoms with Gasteiger partial charge in [-0.2, -0.15) is 0 Å². The van der Waals surface area contributed by atoms with Gasteiger partial charge in [-0.15, -0.1) is 17.8 Å². The number of carbonyl (C=O) groups is 1. The summed E-state index contributed by atoms with van der Waals surface area (Å²) in [5, 5.41) is 11.8. The smallest absolute Gasteiger partial charge is 0.317 e. The first-order valence-electron chi connectivity index (χ1n) is 5.65. The minimum Gasteiger partial charge on any atom is -0.480 e. The first-order valence-corrected chi connectivity index (χ1v) is 6.53. The van der Waals surface area contributed by atoms with Crippen LogP contribution in [0.25, 0.3) is 0 Å². The van der Waals surface area contributed by atoms with E-state index in [2.05, 4.69) is 31.7 Å². The topological polar surface area (TPSA) is 53.4 Å². The minimum absolute atomic E-state index is 0.0205. The van der Waals surface area contributed by atoms with Crippen molar-refractivity contribution < 1.29 is 9.90 Å². The van der Waals surface area contributed by atoms with Gasteiger partial charge in [0.15, 0.2) is 0 Å². The van der Waals surface area contributed by atoms with Gasteiger partial charge in [0.25, 0.3) is 0 Å². The summed E-state index contributed by atoms with van der Waals surface area (Å²) in [7, 11) is 0. The molecule has 1 rings (SSSR count). The van der Waals surface area contributed by atoms with Crippen molar-refractivity contribution in [2.24, 2.45) is 0 Å². The van der Waals surface area contributed by atoms with Crippen molar-refractivity contribution in [2.45, 2.75) is 32.7 Å². The van der Waals surface area contributed by atoms with E-state index >= 15 is 0 Å². The molecule has 0 bridgehead atoms. The fourth-order valence-electron chi connectivity index (χ4n) is 1.44. The number of carboxylic acids is 1. The predicted octanol–water partition coefficient (Wildman–Crippen LogP) is 1.96. The Morgan fingerprint density at radius 2 is 2.28 bits per heavy atom. The van der Waals surface area contributed by atoms with Gasteiger partial charge in [-0.25, -0.2) is 4.98 Å². The molecule has 0 fully saturated rings. The molecule has 0 amide bonds. The van der Waals surface area contributed by atoms with Crippen molar-refractivity contribution in [2.75, 3.05) is 13.1 Å². The highest BCUT2D eigenvalue weighted by atomic mass is 32.1. The third-order valence-corrected chi connectivity index (χ3v) is 3.57. The molecule has 0 saturated heterocycles. The zero-order chi connectivity index (χ0) is 13.8. The molecular weight excluding hydrogens is 248 g/mol. The Bertz CT molecular complexity index is 454. The molecule has 0 saturated carbocycles. The quantitative estimate of drug-likeness (QED) is 0.828. The highest BCUT2D eigenvalue weighted by Crippen LogP contribution is 2.25. The van der Waals surface area contributed by atoms with E-state index in [9.17, 15) is 4.79 Å². The van der Waals surface area contributed by atoms with Crippen molar-refractivity contribution in [1.82, 2.24) is 9.88 Å². The van der Waals surface area contributed by atoms with Crippen LogP contribution >= 0.6 is 11.3 Å². The SMILES string of the molecule is C#CCN(CC(=O)O)Cc1csc(C(C)(C)C)n1. The van der Waals surface area contributed by atoms with E-state index in [4.69, 9.17) is 11.5 Å². The van der Waals surface area contributed by atoms with Crippen molar-refractivity contribution in [1.29, 1.82) is 0 Å². The second-order valence-corrected chi connectivity index (χ2v) is 6.00. The van der Waals surface area contributed by atoms with E-state index in [0.717, 1.165) is 10.7 Å². The molecule has 18 heavy (non-hydrogen) atoms. The molecule has 1 aromatic heterocycles. The van der Waals surface area contributed by atoms with Gasteiger partial charge in [0.1, 0.15) is 0 Å². The average molecular weight is 266 g/mol. The maximum atomic E-state index is 10.7. The van der Waals surface area contributed by atoms with Crippen LogP contribution < -0.4 is 0 Å². The molecule has 1 heterocycles. The van der Waals surface area contributed by atoms with Crippen LogP contribution in [0.2, 0.25) is 0 Å². The molecule has 0 radical (unpaired) electrons. The zero-order valence-electron chi connectivity index (χ0n) is 10.9. The molecule has 1 N–H and O–H groups in total. The van der Waals surface area contributed by atoms with Crippen LogP contribution in [0, 0.1) is 12.3 Å². The molecular formula is C13H18N2O2S. The molecule has 0 unspecified atom stereocenters. The van der Waals surface area contributed by atoms with Crippen LogP contribution in [0.5, 0.6) is 0 Å². The van der Waals surface area contributed by atoms with Crippen molar-refractivity contribution in [3.63, 3.8) is 0 Å². The Balaban J connectivity index is 2.73. The second-order valence-electron chi connectivity index (χ2n) is 5.14. The first kappa shape index (κ1) is 14.7. The van der Waals surface area contributed by atoms with Gasteiger partial charge < -0.3 is 5.11 Å². The number of rotatable bonds is 5. The van der Waals surface area contributed by atoms with Crippen LogP contribution in [-0.4, -0.2) is 34.0 Å². The number of terminal acetylenes is 1. The lowest BCUT2D eigenvalue weighted by Gasteiger charge is -2.16. The lowest BCUT2D eigenvalue weighted by atomic mass is 9.98. The fourth-order valence-corrected chi connectivity index (χ4v) is 2.34. The van der Waals surface area contributed by atoms with Gasteiger partial charge >= 0.3 is 5.97 Å². The van der Waals surface area contributed by atoms with E-state index in [-0.39, 0.29) is 12.0 Å². The van der Waals surface area contributed by atoms with Crippen molar-refractivity contribution in [3.05, 3.63) is 16.1 Å². The standard InChI is InChI=1S/C13H18N2O2S/c1-5-6-15(8-11(16)17)7-10-9-18-12(14-10)13(2,3)4/h1,9H,6-8H2,2-4H3,(H,16,17). The maximum absolute atomic E-state index is 10.7. The van der Waals surface area contributed by atoms with Gasteiger partial charge in [-0.1, -0.05) is 26.7 Å². The van der Waals surface area contributed by atoms with Gasteiger partial charge in [0.2, 0.25) is 0 Å². The third kappa shape index (κ3) is 4.47. The Labute approximate surface area is 112 Å². The molecule has 1 aromatic rings. The number of carboxylic acid groups (broad SMARTS) is 1. The minimum atomic E-state index is -0.878. The Morgan fingerprint density at radius 3 is 2.72 bits per heavy atom. The number of aromatic nitrogens is 1. The van der Waals surface area contributed by atoms with Crippen LogP contribution in [0.1, 0.15) is 31.5 Å². The molecule has 0 atom stereocenters. The number of hydrogen-bond acceptors (Lipinski definition) is 4. The monoisotopic (exact) mass is 266 g/mol. The summed E-state index contributed by atoms with van der Waals surface area (Å²) in [5.41, 5.74) is 0.897. The van der Waals surface area contributed by atoms with Crippen molar-refractivity contribution >= 4 is 17.3 Å². The van der Waals surface area contributed by atoms with E-state index < -0.39 is 5.97 Å². The largest absolute Gasteiger partial charge is 0.480 e. The summed E-state index contributed by atoms with van der Waals surface area (Å²) in [5.74, 6) is 1.59. The normalized spacial score (nSPS) is 11.5. The summed E-state index contributed by atoms with van der Waals surface area (Å²) in [6.07, 6.45) is 5.23. The highest BCUT2D eigenvalue weighted by Gasteiger charge is 2.19. The Hall–Kier alpha value is -1.38. The third-order valence-electron chi connectivity index (χ3n) is 2.25. The number of nitrogens with zero attached hydrogens (tertiary/aromatic N) is 2. The Morgan fingerprint density at radius 1 is 1.61 bits per heavy atom. The first-order chi connectivity index (χ1) is 8.32. The van der Waals surface area contributed by atoms with E-state index in [0.29, 0.717) is 13.1 Å². The molecule has 0 aliphatic rings. The molecule has 5 heteroatoms. The molecule has 0 aliphatic heterocycles. The summed E-state index contributed by atoms with van der Waals surface area (Å²) < 4.78 is 0. The van der Waals surface area contributed by atoms with Gasteiger partial charge in [-0.05, 0) is 0 Å². The van der Waals surface area contributed by atoms with Crippen LogP contribution in [0.3, 0.4) is 0 Å². The molecule has 0 aliphatic carbocycles. The second kappa shape index (κ2) is 5.98. The Kier molecular flexibility index (Phi) is 4.88. The molecule has 0 aromatic carbocycles. The van der Waals surface area contributed by atoms with Crippen LogP contribution in [0.4, 0.5) is 0 Å². The summed E-state index contributed by atoms with van der Waals surface area (Å²) in [6, 6.07) is 0. The number of aliphatic carboxylic acids is 1. The van der Waals surface area contributed by atoms with E-state index in [1.807, 2.05) is 5.38 Å². The molecule has 4 nitrogen and oxygen atoms in total. The summed E-state index contributed by atoms with van der Waals surface area (Å²) in [4.78, 5) is 16.9. The van der Waals surface area contributed by atoms with E-state index in [1.165, 1.54) is 0 Å². The van der Waals surface area contributed by atoms with Crippen LogP contribution in [0.15, 0.2) is 5.38 Å². The summed E-state index contributed by atoms with van der Waals surface area (Å²) >= 11 is 1.60. The number of thiazole rings is 1. The molecule has 0 spiro atoms. The van der Waals surface area contributed by atoms with Gasteiger partial charge in [-0.3, -0.25) is 9.69 Å². The van der Waals surface area contributed by atoms with Gasteiger partial charge in [0, 0.05) is 17.3 Å². The van der Waals surface area contributed by atoms with Gasteiger partial charge in [0.05, 0.1) is 23.8 Å².